The minimum Gasteiger partial charge on any atom is -0.495 e. The third-order valence-electron chi connectivity index (χ3n) is 3.40. The van der Waals surface area contributed by atoms with Gasteiger partial charge in [-0.2, -0.15) is 0 Å². The van der Waals surface area contributed by atoms with E-state index in [1.54, 1.807) is 7.11 Å². The Morgan fingerprint density at radius 1 is 1.41 bits per heavy atom. The SMILES string of the molecule is COc1c(Br)cc2c(c1CC(C)N)CCCC2. The number of hydrogen-bond donors (Lipinski definition) is 1. The zero-order valence-electron chi connectivity index (χ0n) is 10.6. The van der Waals surface area contributed by atoms with Crippen LogP contribution in [-0.2, 0) is 19.3 Å². The normalized spacial score (nSPS) is 16.5. The van der Waals surface area contributed by atoms with E-state index in [0.29, 0.717) is 0 Å². The fourth-order valence-electron chi connectivity index (χ4n) is 2.69. The molecule has 2 rings (SSSR count). The second-order valence-electron chi connectivity index (χ2n) is 4.90. The van der Waals surface area contributed by atoms with Gasteiger partial charge in [0.1, 0.15) is 5.75 Å². The summed E-state index contributed by atoms with van der Waals surface area (Å²) < 4.78 is 6.61. The number of methoxy groups -OCH3 is 1. The first kappa shape index (κ1) is 12.9. The minimum atomic E-state index is 0.171. The number of benzene rings is 1. The Labute approximate surface area is 112 Å². The molecule has 0 amide bonds. The van der Waals surface area contributed by atoms with Crippen LogP contribution in [0, 0.1) is 0 Å². The van der Waals surface area contributed by atoms with Crippen LogP contribution < -0.4 is 10.5 Å². The van der Waals surface area contributed by atoms with Gasteiger partial charge < -0.3 is 10.5 Å². The molecular weight excluding hydrogens is 278 g/mol. The Morgan fingerprint density at radius 3 is 2.76 bits per heavy atom. The number of halogens is 1. The van der Waals surface area contributed by atoms with Crippen LogP contribution in [0.3, 0.4) is 0 Å². The van der Waals surface area contributed by atoms with Gasteiger partial charge in [-0.1, -0.05) is 0 Å². The van der Waals surface area contributed by atoms with Crippen molar-refractivity contribution in [3.8, 4) is 5.75 Å². The van der Waals surface area contributed by atoms with Gasteiger partial charge in [-0.25, -0.2) is 0 Å². The maximum atomic E-state index is 5.96. The van der Waals surface area contributed by atoms with Crippen molar-refractivity contribution < 1.29 is 4.74 Å². The highest BCUT2D eigenvalue weighted by Crippen LogP contribution is 2.37. The summed E-state index contributed by atoms with van der Waals surface area (Å²) in [5.74, 6) is 0.975. The lowest BCUT2D eigenvalue weighted by molar-refractivity contribution is 0.404. The molecule has 17 heavy (non-hydrogen) atoms. The van der Waals surface area contributed by atoms with Gasteiger partial charge in [0.05, 0.1) is 11.6 Å². The fraction of sp³-hybridized carbons (Fsp3) is 0.571. The zero-order chi connectivity index (χ0) is 12.4. The van der Waals surface area contributed by atoms with E-state index in [4.69, 9.17) is 10.5 Å². The van der Waals surface area contributed by atoms with Gasteiger partial charge >= 0.3 is 0 Å². The first-order valence-electron chi connectivity index (χ1n) is 6.26. The van der Waals surface area contributed by atoms with Crippen molar-refractivity contribution in [1.82, 2.24) is 0 Å². The number of hydrogen-bond acceptors (Lipinski definition) is 2. The van der Waals surface area contributed by atoms with Crippen LogP contribution >= 0.6 is 15.9 Å². The van der Waals surface area contributed by atoms with Crippen LogP contribution in [0.5, 0.6) is 5.75 Å². The van der Waals surface area contributed by atoms with Gasteiger partial charge in [-0.05, 0) is 72.2 Å². The quantitative estimate of drug-likeness (QED) is 0.930. The van der Waals surface area contributed by atoms with Crippen LogP contribution in [-0.4, -0.2) is 13.2 Å². The van der Waals surface area contributed by atoms with Gasteiger partial charge in [0.25, 0.3) is 0 Å². The minimum absolute atomic E-state index is 0.171. The summed E-state index contributed by atoms with van der Waals surface area (Å²) in [6.45, 7) is 2.05. The second kappa shape index (κ2) is 5.40. The predicted octanol–water partition coefficient (Wildman–Crippen LogP) is 3.23. The Kier molecular flexibility index (Phi) is 4.10. The largest absolute Gasteiger partial charge is 0.495 e. The smallest absolute Gasteiger partial charge is 0.136 e. The predicted molar refractivity (Wildman–Crippen MR) is 74.7 cm³/mol. The molecule has 0 aromatic heterocycles. The molecule has 0 fully saturated rings. The molecule has 94 valence electrons. The van der Waals surface area contributed by atoms with E-state index >= 15 is 0 Å². The summed E-state index contributed by atoms with van der Waals surface area (Å²) in [5, 5.41) is 0. The molecule has 0 heterocycles. The average Bonchev–Trinajstić information content (AvgIpc) is 2.28. The van der Waals surface area contributed by atoms with E-state index in [1.165, 1.54) is 42.4 Å². The lowest BCUT2D eigenvalue weighted by atomic mass is 9.86. The van der Waals surface area contributed by atoms with Crippen molar-refractivity contribution in [2.75, 3.05) is 7.11 Å². The van der Waals surface area contributed by atoms with E-state index in [-0.39, 0.29) is 6.04 Å². The van der Waals surface area contributed by atoms with Gasteiger partial charge in [0.15, 0.2) is 0 Å². The van der Waals surface area contributed by atoms with E-state index in [0.717, 1.165) is 16.6 Å². The van der Waals surface area contributed by atoms with Gasteiger partial charge in [-0.3, -0.25) is 0 Å². The molecule has 0 aliphatic heterocycles. The summed E-state index contributed by atoms with van der Waals surface area (Å²) >= 11 is 3.61. The number of ether oxygens (including phenoxy) is 1. The topological polar surface area (TPSA) is 35.2 Å². The lowest BCUT2D eigenvalue weighted by Crippen LogP contribution is -2.20. The first-order chi connectivity index (χ1) is 8.13. The van der Waals surface area contributed by atoms with Crippen molar-refractivity contribution in [2.24, 2.45) is 5.73 Å². The molecule has 2 nitrogen and oxygen atoms in total. The molecule has 1 aromatic carbocycles. The van der Waals surface area contributed by atoms with Crippen molar-refractivity contribution in [3.63, 3.8) is 0 Å². The molecule has 1 aliphatic carbocycles. The number of rotatable bonds is 3. The third kappa shape index (κ3) is 2.66. The molecule has 1 atom stereocenters. The average molecular weight is 298 g/mol. The van der Waals surface area contributed by atoms with E-state index in [9.17, 15) is 0 Å². The molecule has 2 N–H and O–H groups in total. The zero-order valence-corrected chi connectivity index (χ0v) is 12.1. The maximum Gasteiger partial charge on any atom is 0.136 e. The van der Waals surface area contributed by atoms with Crippen LogP contribution in [0.2, 0.25) is 0 Å². The summed E-state index contributed by atoms with van der Waals surface area (Å²) in [6.07, 6.45) is 5.82. The van der Waals surface area contributed by atoms with Crippen LogP contribution in [0.25, 0.3) is 0 Å². The maximum absolute atomic E-state index is 5.96. The Hall–Kier alpha value is -0.540. The lowest BCUT2D eigenvalue weighted by Gasteiger charge is -2.23. The van der Waals surface area contributed by atoms with E-state index in [1.807, 2.05) is 0 Å². The standard InChI is InChI=1S/C14H20BrNO/c1-9(16)7-12-11-6-4-3-5-10(11)8-13(15)14(12)17-2/h8-9H,3-7,16H2,1-2H3. The van der Waals surface area contributed by atoms with Gasteiger partial charge in [-0.15, -0.1) is 0 Å². The highest BCUT2D eigenvalue weighted by molar-refractivity contribution is 9.10. The molecule has 1 unspecified atom stereocenters. The van der Waals surface area contributed by atoms with Crippen LogP contribution in [0.15, 0.2) is 10.5 Å². The van der Waals surface area contributed by atoms with E-state index in [2.05, 4.69) is 28.9 Å². The second-order valence-corrected chi connectivity index (χ2v) is 5.75. The number of nitrogens with two attached hydrogens (primary N) is 1. The highest BCUT2D eigenvalue weighted by atomic mass is 79.9. The van der Waals surface area contributed by atoms with E-state index < -0.39 is 0 Å². The van der Waals surface area contributed by atoms with Gasteiger partial charge in [0.2, 0.25) is 0 Å². The van der Waals surface area contributed by atoms with Crippen LogP contribution in [0.1, 0.15) is 36.5 Å². The Morgan fingerprint density at radius 2 is 2.12 bits per heavy atom. The van der Waals surface area contributed by atoms with Crippen molar-refractivity contribution in [3.05, 3.63) is 27.2 Å². The number of aryl methyl sites for hydroxylation is 1. The Balaban J connectivity index is 2.53. The Bertz CT molecular complexity index is 415. The molecule has 0 bridgehead atoms. The van der Waals surface area contributed by atoms with Crippen molar-refractivity contribution >= 4 is 15.9 Å². The van der Waals surface area contributed by atoms with Crippen molar-refractivity contribution in [1.29, 1.82) is 0 Å². The fourth-order valence-corrected chi connectivity index (χ4v) is 3.37. The molecule has 0 saturated carbocycles. The van der Waals surface area contributed by atoms with Crippen molar-refractivity contribution in [2.45, 2.75) is 45.1 Å². The molecule has 1 aromatic rings. The summed E-state index contributed by atoms with van der Waals surface area (Å²) in [4.78, 5) is 0. The van der Waals surface area contributed by atoms with Crippen LogP contribution in [0.4, 0.5) is 0 Å². The highest BCUT2D eigenvalue weighted by Gasteiger charge is 2.20. The molecular formula is C14H20BrNO. The first-order valence-corrected chi connectivity index (χ1v) is 7.05. The summed E-state index contributed by atoms with van der Waals surface area (Å²) in [6, 6.07) is 2.39. The summed E-state index contributed by atoms with van der Waals surface area (Å²) in [5.41, 5.74) is 10.2. The monoisotopic (exact) mass is 297 g/mol. The molecule has 0 radical (unpaired) electrons. The number of fused-ring (bicyclic) bond motifs is 1. The third-order valence-corrected chi connectivity index (χ3v) is 3.99. The van der Waals surface area contributed by atoms with Gasteiger partial charge in [0, 0.05) is 11.6 Å². The summed E-state index contributed by atoms with van der Waals surface area (Å²) in [7, 11) is 1.74. The molecule has 3 heteroatoms. The molecule has 1 aliphatic rings. The molecule has 0 spiro atoms. The molecule has 0 saturated heterocycles.